The molecule has 11 heteroatoms. The Balaban J connectivity index is 1.46. The van der Waals surface area contributed by atoms with Crippen LogP contribution in [0.4, 0.5) is 5.82 Å². The third-order valence-electron chi connectivity index (χ3n) is 8.35. The Bertz CT molecular complexity index is 1290. The quantitative estimate of drug-likeness (QED) is 0.367. The van der Waals surface area contributed by atoms with Crippen LogP contribution in [-0.2, 0) is 14.9 Å². The Morgan fingerprint density at radius 3 is 2.40 bits per heavy atom. The molecule has 0 spiro atoms. The summed E-state index contributed by atoms with van der Waals surface area (Å²) in [4.78, 5) is 55.9. The third kappa shape index (κ3) is 9.00. The van der Waals surface area contributed by atoms with Crippen molar-refractivity contribution in [3.63, 3.8) is 0 Å². The molecule has 2 atom stereocenters. The zero-order chi connectivity index (χ0) is 32.6. The van der Waals surface area contributed by atoms with Crippen LogP contribution < -0.4 is 10.6 Å². The molecule has 2 aromatic rings. The minimum absolute atomic E-state index is 0.00277. The minimum atomic E-state index is -0.274. The summed E-state index contributed by atoms with van der Waals surface area (Å²) in [7, 11) is 1.67. The second kappa shape index (κ2) is 15.6. The van der Waals surface area contributed by atoms with E-state index in [2.05, 4.69) is 50.2 Å². The topological polar surface area (TPSA) is 120 Å². The Kier molecular flexibility index (Phi) is 11.9. The van der Waals surface area contributed by atoms with Gasteiger partial charge in [-0.1, -0.05) is 52.8 Å². The van der Waals surface area contributed by atoms with Crippen LogP contribution in [0.3, 0.4) is 0 Å². The van der Waals surface area contributed by atoms with Gasteiger partial charge in [-0.2, -0.15) is 0 Å². The maximum atomic E-state index is 14.3. The van der Waals surface area contributed by atoms with Crippen molar-refractivity contribution in [3.05, 3.63) is 53.5 Å². The number of nitrogens with one attached hydrogen (secondary N) is 2. The van der Waals surface area contributed by atoms with Gasteiger partial charge in [0.1, 0.15) is 17.2 Å². The fourth-order valence-corrected chi connectivity index (χ4v) is 5.90. The van der Waals surface area contributed by atoms with Gasteiger partial charge < -0.3 is 30.1 Å². The number of rotatable bonds is 11. The van der Waals surface area contributed by atoms with E-state index in [0.717, 1.165) is 6.42 Å². The number of hydrogen-bond donors (Lipinski definition) is 2. The molecule has 45 heavy (non-hydrogen) atoms. The van der Waals surface area contributed by atoms with Crippen molar-refractivity contribution in [1.29, 1.82) is 0 Å². The number of carbonyl (C=O) groups is 3. The number of carbonyl (C=O) groups excluding carboxylic acids is 3. The molecule has 246 valence electrons. The van der Waals surface area contributed by atoms with Crippen molar-refractivity contribution in [2.24, 2.45) is 11.8 Å². The average Bonchev–Trinajstić information content (AvgIpc) is 3.04. The maximum absolute atomic E-state index is 14.3. The van der Waals surface area contributed by atoms with E-state index in [0.29, 0.717) is 88.2 Å². The van der Waals surface area contributed by atoms with Gasteiger partial charge in [-0.3, -0.25) is 14.4 Å². The van der Waals surface area contributed by atoms with E-state index in [-0.39, 0.29) is 41.0 Å². The van der Waals surface area contributed by atoms with Gasteiger partial charge in [-0.05, 0) is 30.9 Å². The normalized spacial score (nSPS) is 19.0. The van der Waals surface area contributed by atoms with Crippen LogP contribution in [0.25, 0.3) is 0 Å². The molecule has 3 amide bonds. The van der Waals surface area contributed by atoms with Gasteiger partial charge in [-0.15, -0.1) is 0 Å². The largest absolute Gasteiger partial charge is 0.385 e. The molecule has 0 unspecified atom stereocenters. The molecule has 2 aliphatic heterocycles. The summed E-state index contributed by atoms with van der Waals surface area (Å²) in [6.07, 6.45) is 3.00. The Labute approximate surface area is 268 Å². The highest BCUT2D eigenvalue weighted by molar-refractivity contribution is 5.99. The molecule has 2 aliphatic rings. The third-order valence-corrected chi connectivity index (χ3v) is 8.35. The van der Waals surface area contributed by atoms with E-state index in [9.17, 15) is 14.4 Å². The van der Waals surface area contributed by atoms with Crippen molar-refractivity contribution in [2.75, 3.05) is 71.4 Å². The first kappa shape index (κ1) is 34.3. The summed E-state index contributed by atoms with van der Waals surface area (Å²) in [6.45, 7) is 15.3. The monoisotopic (exact) mass is 621 g/mol. The molecule has 0 radical (unpaired) electrons. The van der Waals surface area contributed by atoms with Crippen LogP contribution in [0.5, 0.6) is 0 Å². The standard InChI is InChI=1S/C34H51N7O4/c1-24(2)23-41(32(44)28-22-37-33(34(3,4)5)38-29(28)36-13-10-18-45-6)27-19-26(20-35-21-27)31(43)40-16-14-39(15-17-40)30(42)25-11-8-7-9-12-25/h7-9,11-12,22,24,26-27,35H,10,13-21,23H2,1-6H3,(H,36,37,38)/t26-,27+/m1/s1. The number of hydrogen-bond acceptors (Lipinski definition) is 8. The number of piperazine rings is 1. The zero-order valence-electron chi connectivity index (χ0n) is 27.8. The number of benzene rings is 1. The first-order chi connectivity index (χ1) is 21.5. The molecule has 2 fully saturated rings. The fourth-order valence-electron chi connectivity index (χ4n) is 5.90. The first-order valence-corrected chi connectivity index (χ1v) is 16.2. The van der Waals surface area contributed by atoms with Gasteiger partial charge in [0.25, 0.3) is 11.8 Å². The fraction of sp³-hybridized carbons (Fsp3) is 0.618. The molecule has 4 rings (SSSR count). The van der Waals surface area contributed by atoms with E-state index in [1.54, 1.807) is 13.3 Å². The second-order valence-electron chi connectivity index (χ2n) is 13.6. The van der Waals surface area contributed by atoms with Crippen molar-refractivity contribution < 1.29 is 19.1 Å². The van der Waals surface area contributed by atoms with Crippen molar-refractivity contribution in [2.45, 2.75) is 58.9 Å². The van der Waals surface area contributed by atoms with Crippen LogP contribution in [0.2, 0.25) is 0 Å². The average molecular weight is 622 g/mol. The van der Waals surface area contributed by atoms with Gasteiger partial charge >= 0.3 is 0 Å². The molecule has 0 saturated carbocycles. The van der Waals surface area contributed by atoms with E-state index < -0.39 is 0 Å². The summed E-state index contributed by atoms with van der Waals surface area (Å²) < 4.78 is 5.20. The molecule has 0 aliphatic carbocycles. The number of ether oxygens (including phenoxy) is 1. The smallest absolute Gasteiger partial charge is 0.259 e. The number of nitrogens with zero attached hydrogens (tertiary/aromatic N) is 5. The van der Waals surface area contributed by atoms with Gasteiger partial charge in [0.15, 0.2) is 0 Å². The molecule has 1 aromatic heterocycles. The van der Waals surface area contributed by atoms with E-state index in [1.807, 2.05) is 45.0 Å². The van der Waals surface area contributed by atoms with Crippen molar-refractivity contribution in [3.8, 4) is 0 Å². The lowest BCUT2D eigenvalue weighted by Gasteiger charge is -2.41. The maximum Gasteiger partial charge on any atom is 0.259 e. The molecule has 2 saturated heterocycles. The van der Waals surface area contributed by atoms with Crippen LogP contribution in [0, 0.1) is 11.8 Å². The lowest BCUT2D eigenvalue weighted by molar-refractivity contribution is -0.138. The predicted molar refractivity (Wildman–Crippen MR) is 175 cm³/mol. The van der Waals surface area contributed by atoms with Crippen LogP contribution in [-0.4, -0.2) is 115 Å². The summed E-state index contributed by atoms with van der Waals surface area (Å²) in [5.74, 6) is 1.11. The second-order valence-corrected chi connectivity index (χ2v) is 13.6. The summed E-state index contributed by atoms with van der Waals surface area (Å²) in [6, 6.07) is 9.10. The highest BCUT2D eigenvalue weighted by Crippen LogP contribution is 2.26. The molecule has 2 N–H and O–H groups in total. The van der Waals surface area contributed by atoms with Gasteiger partial charge in [0.05, 0.1) is 5.92 Å². The minimum Gasteiger partial charge on any atom is -0.385 e. The number of amides is 3. The number of aromatic nitrogens is 2. The molecule has 11 nitrogen and oxygen atoms in total. The van der Waals surface area contributed by atoms with Crippen molar-refractivity contribution in [1.82, 2.24) is 30.0 Å². The number of piperidine rings is 1. The van der Waals surface area contributed by atoms with Gasteiger partial charge in [0.2, 0.25) is 5.91 Å². The summed E-state index contributed by atoms with van der Waals surface area (Å²) in [5, 5.41) is 6.80. The van der Waals surface area contributed by atoms with Crippen molar-refractivity contribution >= 4 is 23.5 Å². The number of methoxy groups -OCH3 is 1. The lowest BCUT2D eigenvalue weighted by atomic mass is 9.92. The SMILES string of the molecule is COCCCNc1nc(C(C)(C)C)ncc1C(=O)N(CC(C)C)[C@@H]1CNC[C@H](C(=O)N2CCN(C(=O)c3ccccc3)CC2)C1. The molecular formula is C34H51N7O4. The first-order valence-electron chi connectivity index (χ1n) is 16.2. The predicted octanol–water partition coefficient (Wildman–Crippen LogP) is 3.28. The molecular weight excluding hydrogens is 570 g/mol. The Hall–Kier alpha value is -3.57. The Morgan fingerprint density at radius 2 is 1.76 bits per heavy atom. The van der Waals surface area contributed by atoms with Crippen LogP contribution in [0.15, 0.2) is 36.5 Å². The van der Waals surface area contributed by atoms with E-state index >= 15 is 0 Å². The van der Waals surface area contributed by atoms with Crippen LogP contribution >= 0.6 is 0 Å². The van der Waals surface area contributed by atoms with Gasteiger partial charge in [0, 0.05) is 89.3 Å². The van der Waals surface area contributed by atoms with Gasteiger partial charge in [-0.25, -0.2) is 9.97 Å². The highest BCUT2D eigenvalue weighted by Gasteiger charge is 2.37. The van der Waals surface area contributed by atoms with Crippen LogP contribution in [0.1, 0.15) is 74.0 Å². The lowest BCUT2D eigenvalue weighted by Crippen LogP contribution is -2.57. The summed E-state index contributed by atoms with van der Waals surface area (Å²) >= 11 is 0. The van der Waals surface area contributed by atoms with E-state index in [4.69, 9.17) is 9.72 Å². The molecule has 0 bridgehead atoms. The number of anilines is 1. The zero-order valence-corrected chi connectivity index (χ0v) is 27.8. The highest BCUT2D eigenvalue weighted by atomic mass is 16.5. The molecule has 3 heterocycles. The van der Waals surface area contributed by atoms with E-state index in [1.165, 1.54) is 0 Å². The molecule has 1 aromatic carbocycles. The summed E-state index contributed by atoms with van der Waals surface area (Å²) in [5.41, 5.74) is 0.829. The Morgan fingerprint density at radius 1 is 1.07 bits per heavy atom.